The van der Waals surface area contributed by atoms with Crippen LogP contribution >= 0.6 is 0 Å². The van der Waals surface area contributed by atoms with Gasteiger partial charge in [0.15, 0.2) is 0 Å². The van der Waals surface area contributed by atoms with Crippen LogP contribution in [0.2, 0.25) is 0 Å². The van der Waals surface area contributed by atoms with Crippen LogP contribution in [0.1, 0.15) is 6.42 Å². The normalized spacial score (nSPS) is 14.9. The number of nitrogens with two attached hydrogens (primary N) is 2. The van der Waals surface area contributed by atoms with Crippen LogP contribution in [0.25, 0.3) is 0 Å². The van der Waals surface area contributed by atoms with Crippen LogP contribution in [0.4, 0.5) is 0 Å². The van der Waals surface area contributed by atoms with Gasteiger partial charge in [-0.1, -0.05) is 0 Å². The number of carbonyl (C=O) groups excluding carboxylic acids is 2. The van der Waals surface area contributed by atoms with Crippen molar-refractivity contribution < 1.29 is 9.59 Å². The Morgan fingerprint density at radius 1 is 1.14 bits per heavy atom. The molecular weight excluding hydrogens is 184 g/mol. The Labute approximate surface area is 82.1 Å². The first-order valence-electron chi connectivity index (χ1n) is 4.31. The molecule has 0 fully saturated rings. The Balaban J connectivity index is 2.25. The SMILES string of the molecule is NC(=O)CCN1C=CN(CC(N)=O)C1. The van der Waals surface area contributed by atoms with Crippen LogP contribution in [-0.2, 0) is 9.59 Å². The molecule has 0 bridgehead atoms. The highest BCUT2D eigenvalue weighted by molar-refractivity contribution is 5.76. The summed E-state index contributed by atoms with van der Waals surface area (Å²) in [6.07, 6.45) is 3.90. The summed E-state index contributed by atoms with van der Waals surface area (Å²) in [5, 5.41) is 0. The largest absolute Gasteiger partial charge is 0.370 e. The van der Waals surface area contributed by atoms with Crippen molar-refractivity contribution in [2.45, 2.75) is 6.42 Å². The van der Waals surface area contributed by atoms with Crippen LogP contribution in [0.3, 0.4) is 0 Å². The standard InChI is InChI=1S/C8H14N4O2/c9-7(13)1-2-11-3-4-12(6-11)5-8(10)14/h3-4H,1-2,5-6H2,(H2,9,13)(H2,10,14). The summed E-state index contributed by atoms with van der Waals surface area (Å²) in [5.41, 5.74) is 10.0. The van der Waals surface area contributed by atoms with Gasteiger partial charge in [-0.3, -0.25) is 9.59 Å². The van der Waals surface area contributed by atoms with Crippen molar-refractivity contribution in [3.05, 3.63) is 12.4 Å². The topological polar surface area (TPSA) is 92.7 Å². The molecule has 0 saturated heterocycles. The van der Waals surface area contributed by atoms with Crippen LogP contribution in [-0.4, -0.2) is 41.4 Å². The summed E-state index contributed by atoms with van der Waals surface area (Å²) in [7, 11) is 0. The fourth-order valence-corrected chi connectivity index (χ4v) is 1.22. The molecule has 0 saturated carbocycles. The molecule has 14 heavy (non-hydrogen) atoms. The number of carbonyl (C=O) groups is 2. The zero-order valence-electron chi connectivity index (χ0n) is 7.85. The van der Waals surface area contributed by atoms with Gasteiger partial charge in [-0.05, 0) is 0 Å². The van der Waals surface area contributed by atoms with Crippen molar-refractivity contribution in [3.63, 3.8) is 0 Å². The third kappa shape index (κ3) is 3.34. The number of hydrogen-bond donors (Lipinski definition) is 2. The first-order valence-corrected chi connectivity index (χ1v) is 4.31. The Bertz CT molecular complexity index is 264. The summed E-state index contributed by atoms with van der Waals surface area (Å²) < 4.78 is 0. The number of rotatable bonds is 5. The molecule has 0 aromatic heterocycles. The van der Waals surface area contributed by atoms with Gasteiger partial charge in [-0.2, -0.15) is 0 Å². The number of amides is 2. The minimum Gasteiger partial charge on any atom is -0.370 e. The van der Waals surface area contributed by atoms with Crippen molar-refractivity contribution in [3.8, 4) is 0 Å². The van der Waals surface area contributed by atoms with Crippen LogP contribution < -0.4 is 11.5 Å². The minimum atomic E-state index is -0.369. The fraction of sp³-hybridized carbons (Fsp3) is 0.500. The summed E-state index contributed by atoms with van der Waals surface area (Å²) in [6.45, 7) is 1.35. The van der Waals surface area contributed by atoms with E-state index in [-0.39, 0.29) is 18.4 Å². The molecule has 0 unspecified atom stereocenters. The van der Waals surface area contributed by atoms with Crippen molar-refractivity contribution in [1.29, 1.82) is 0 Å². The second kappa shape index (κ2) is 4.50. The molecule has 0 aliphatic carbocycles. The molecule has 1 aliphatic heterocycles. The van der Waals surface area contributed by atoms with Crippen molar-refractivity contribution in [2.24, 2.45) is 11.5 Å². The lowest BCUT2D eigenvalue weighted by Crippen LogP contribution is -2.33. The predicted octanol–water partition coefficient (Wildman–Crippen LogP) is -1.61. The molecule has 1 aliphatic rings. The predicted molar refractivity (Wildman–Crippen MR) is 50.4 cm³/mol. The van der Waals surface area contributed by atoms with E-state index in [4.69, 9.17) is 11.5 Å². The van der Waals surface area contributed by atoms with E-state index in [1.807, 2.05) is 11.1 Å². The van der Waals surface area contributed by atoms with Crippen molar-refractivity contribution >= 4 is 11.8 Å². The maximum Gasteiger partial charge on any atom is 0.236 e. The molecule has 6 heteroatoms. The molecule has 0 atom stereocenters. The highest BCUT2D eigenvalue weighted by Gasteiger charge is 2.13. The monoisotopic (exact) mass is 198 g/mol. The molecule has 0 spiro atoms. The van der Waals surface area contributed by atoms with E-state index in [9.17, 15) is 9.59 Å². The van der Waals surface area contributed by atoms with Gasteiger partial charge in [0.05, 0.1) is 13.2 Å². The summed E-state index contributed by atoms with van der Waals surface area (Å²) >= 11 is 0. The molecule has 0 radical (unpaired) electrons. The lowest BCUT2D eigenvalue weighted by molar-refractivity contribution is -0.119. The van der Waals surface area contributed by atoms with Crippen molar-refractivity contribution in [1.82, 2.24) is 9.80 Å². The van der Waals surface area contributed by atoms with E-state index in [1.165, 1.54) is 0 Å². The van der Waals surface area contributed by atoms with Crippen LogP contribution in [0.5, 0.6) is 0 Å². The number of hydrogen-bond acceptors (Lipinski definition) is 4. The first kappa shape index (κ1) is 10.4. The fourth-order valence-electron chi connectivity index (χ4n) is 1.22. The Morgan fingerprint density at radius 3 is 2.36 bits per heavy atom. The lowest BCUT2D eigenvalue weighted by Gasteiger charge is -2.19. The van der Waals surface area contributed by atoms with Crippen LogP contribution in [0, 0.1) is 0 Å². The molecule has 0 aromatic rings. The maximum absolute atomic E-state index is 10.6. The second-order valence-corrected chi connectivity index (χ2v) is 3.18. The van der Waals surface area contributed by atoms with E-state index >= 15 is 0 Å². The smallest absolute Gasteiger partial charge is 0.236 e. The van der Waals surface area contributed by atoms with E-state index < -0.39 is 0 Å². The minimum absolute atomic E-state index is 0.198. The zero-order chi connectivity index (χ0) is 10.6. The molecule has 1 heterocycles. The summed E-state index contributed by atoms with van der Waals surface area (Å²) in [6, 6.07) is 0. The Morgan fingerprint density at radius 2 is 1.79 bits per heavy atom. The highest BCUT2D eigenvalue weighted by Crippen LogP contribution is 2.05. The van der Waals surface area contributed by atoms with Crippen molar-refractivity contribution in [2.75, 3.05) is 19.8 Å². The average Bonchev–Trinajstić information content (AvgIpc) is 2.47. The molecular formula is C8H14N4O2. The molecule has 1 rings (SSSR count). The van der Waals surface area contributed by atoms with E-state index in [0.717, 1.165) is 0 Å². The number of primary amides is 2. The van der Waals surface area contributed by atoms with E-state index in [0.29, 0.717) is 19.6 Å². The van der Waals surface area contributed by atoms with Gasteiger partial charge >= 0.3 is 0 Å². The number of nitrogens with zero attached hydrogens (tertiary/aromatic N) is 2. The Kier molecular flexibility index (Phi) is 3.33. The van der Waals surface area contributed by atoms with Gasteiger partial charge in [0.25, 0.3) is 0 Å². The highest BCUT2D eigenvalue weighted by atomic mass is 16.1. The third-order valence-electron chi connectivity index (χ3n) is 1.86. The summed E-state index contributed by atoms with van der Waals surface area (Å²) in [4.78, 5) is 24.7. The van der Waals surface area contributed by atoms with Gasteiger partial charge in [0.1, 0.15) is 0 Å². The second-order valence-electron chi connectivity index (χ2n) is 3.18. The van der Waals surface area contributed by atoms with Gasteiger partial charge < -0.3 is 21.3 Å². The molecule has 4 N–H and O–H groups in total. The lowest BCUT2D eigenvalue weighted by atomic mass is 10.4. The molecule has 0 aromatic carbocycles. The average molecular weight is 198 g/mol. The first-order chi connectivity index (χ1) is 6.58. The third-order valence-corrected chi connectivity index (χ3v) is 1.86. The molecule has 6 nitrogen and oxygen atoms in total. The van der Waals surface area contributed by atoms with Gasteiger partial charge in [-0.25, -0.2) is 0 Å². The van der Waals surface area contributed by atoms with Gasteiger partial charge in [-0.15, -0.1) is 0 Å². The van der Waals surface area contributed by atoms with Crippen LogP contribution in [0.15, 0.2) is 12.4 Å². The quantitative estimate of drug-likeness (QED) is 0.556. The van der Waals surface area contributed by atoms with Gasteiger partial charge in [0.2, 0.25) is 11.8 Å². The van der Waals surface area contributed by atoms with E-state index in [1.54, 1.807) is 11.1 Å². The maximum atomic E-state index is 10.6. The molecule has 78 valence electrons. The summed E-state index contributed by atoms with van der Waals surface area (Å²) in [5.74, 6) is -0.696. The van der Waals surface area contributed by atoms with Gasteiger partial charge in [0, 0.05) is 25.4 Å². The van der Waals surface area contributed by atoms with E-state index in [2.05, 4.69) is 0 Å². The Hall–Kier alpha value is -1.72. The zero-order valence-corrected chi connectivity index (χ0v) is 7.85. The molecule has 2 amide bonds.